The van der Waals surface area contributed by atoms with Crippen LogP contribution < -0.4 is 14.5 Å². The molecule has 0 bridgehead atoms. The minimum atomic E-state index is -0.626. The van der Waals surface area contributed by atoms with Crippen LogP contribution in [-0.4, -0.2) is 24.5 Å². The summed E-state index contributed by atoms with van der Waals surface area (Å²) in [5.41, 5.74) is 2.14. The van der Waals surface area contributed by atoms with Crippen molar-refractivity contribution in [1.82, 2.24) is 24.5 Å². The van der Waals surface area contributed by atoms with Crippen LogP contribution in [0.1, 0.15) is 93.2 Å². The molecule has 0 radical (unpaired) electrons. The molecule has 1 aliphatic heterocycles. The third-order valence-electron chi connectivity index (χ3n) is 11.4. The van der Waals surface area contributed by atoms with Gasteiger partial charge in [-0.3, -0.25) is 0 Å². The predicted molar refractivity (Wildman–Crippen MR) is 273 cm³/mol. The zero-order valence-corrected chi connectivity index (χ0v) is 41.4. The van der Waals surface area contributed by atoms with E-state index in [4.69, 9.17) is 38.4 Å². The van der Waals surface area contributed by atoms with Crippen molar-refractivity contribution in [3.05, 3.63) is 194 Å². The third kappa shape index (κ3) is 8.98. The minimum absolute atomic E-state index is 0. The second-order valence-electron chi connectivity index (χ2n) is 19.5. The average molecular weight is 1080 g/mol. The van der Waals surface area contributed by atoms with Gasteiger partial charge in [-0.25, -0.2) is 19.9 Å². The number of rotatable bonds is 8. The largest absolute Gasteiger partial charge is 0.508 e. The molecule has 10 rings (SSSR count). The monoisotopic (exact) mass is 1080 g/mol. The number of nitrogens with zero attached hydrogens (tertiary/aromatic N) is 7. The Hall–Kier alpha value is -6.89. The summed E-state index contributed by atoms with van der Waals surface area (Å²) in [5.74, 6) is 2.93. The van der Waals surface area contributed by atoms with E-state index in [1.807, 2.05) is 73.9 Å². The molecule has 0 saturated carbocycles. The molecular formula is C59H54N7OPt-3. The molecule has 6 aromatic carbocycles. The topological polar surface area (TPSA) is 72.2 Å². The first-order valence-electron chi connectivity index (χ1n) is 27.1. The number of ether oxygens (including phenoxy) is 1. The fraction of sp³-hybridized carbons (Fsp3) is 0.203. The molecule has 9 heteroatoms. The van der Waals surface area contributed by atoms with Gasteiger partial charge in [0.1, 0.15) is 23.3 Å². The standard InChI is InChI=1S/C59H54N7O.Pt/c1-57(2,3)41-33-45(39-21-12-10-13-22-39)53(46(34-41)40-23-14-11-15-24-40)65-32-31-64(38-65)42-25-20-26-43(35-42)67-51-37-50-47(44-27-16-17-28-49(44)66(50)52-29-18-19-30-60-52)36-48(51)54-61-55(58(4,5)6)63-56(62-54)59(7,8)9;/h10-34,36,38H,1-9H3;/q-3;/i10D,11D,12D,13D,14D,15D,21D,22D,23D,24D;. The van der Waals surface area contributed by atoms with Crippen LogP contribution in [0.4, 0.5) is 11.4 Å². The Morgan fingerprint density at radius 2 is 1.22 bits per heavy atom. The van der Waals surface area contributed by atoms with E-state index in [0.717, 1.165) is 16.3 Å². The molecule has 0 spiro atoms. The van der Waals surface area contributed by atoms with Gasteiger partial charge in [0, 0.05) is 71.9 Å². The Morgan fingerprint density at radius 1 is 0.603 bits per heavy atom. The Bertz CT molecular complexity index is 3740. The SMILES string of the molecule is [2H]c1c([2H])c([2H])c(-c2cc(C(C)(C)C)cc(-c3c([2H])c([2H])c([2H])c([2H])c3[2H])c2N2C=CN(c3[c-]c(Oc4[c-]c5c(cc4-c4nc(C(C)(C)C)nc(C(C)(C)C)n4)c4ccccc4n5-c4ccccn4)ccc3)[CH-]2)c([2H])c1[2H].[Pt]. The maximum absolute atomic E-state index is 9.16. The third-order valence-corrected chi connectivity index (χ3v) is 11.4. The van der Waals surface area contributed by atoms with E-state index in [2.05, 4.69) is 59.7 Å². The van der Waals surface area contributed by atoms with Crippen molar-refractivity contribution in [1.29, 1.82) is 0 Å². The van der Waals surface area contributed by atoms with Gasteiger partial charge in [0.2, 0.25) is 0 Å². The number of hydrogen-bond acceptors (Lipinski definition) is 7. The summed E-state index contributed by atoms with van der Waals surface area (Å²) in [5, 5.41) is 1.84. The molecule has 8 nitrogen and oxygen atoms in total. The van der Waals surface area contributed by atoms with E-state index in [1.54, 1.807) is 59.3 Å². The number of anilines is 2. The molecule has 1 aliphatic rings. The Morgan fingerprint density at radius 3 is 1.82 bits per heavy atom. The van der Waals surface area contributed by atoms with Crippen LogP contribution in [0.25, 0.3) is 61.3 Å². The number of aromatic nitrogens is 5. The molecule has 0 N–H and O–H groups in total. The Labute approximate surface area is 428 Å². The van der Waals surface area contributed by atoms with Gasteiger partial charge in [-0.15, -0.1) is 48.1 Å². The predicted octanol–water partition coefficient (Wildman–Crippen LogP) is 14.6. The van der Waals surface area contributed by atoms with Gasteiger partial charge in [0.05, 0.1) is 13.7 Å². The quantitative estimate of drug-likeness (QED) is 0.140. The van der Waals surface area contributed by atoms with E-state index < -0.39 is 76.7 Å². The van der Waals surface area contributed by atoms with Crippen molar-refractivity contribution in [2.45, 2.75) is 78.6 Å². The maximum atomic E-state index is 9.16. The summed E-state index contributed by atoms with van der Waals surface area (Å²) < 4.78 is 97.2. The van der Waals surface area contributed by atoms with Crippen molar-refractivity contribution in [3.8, 4) is 51.0 Å². The van der Waals surface area contributed by atoms with Crippen LogP contribution in [-0.2, 0) is 37.3 Å². The summed E-state index contributed by atoms with van der Waals surface area (Å²) in [7, 11) is 0. The first-order chi connectivity index (χ1) is 36.2. The van der Waals surface area contributed by atoms with Gasteiger partial charge < -0.3 is 19.1 Å². The summed E-state index contributed by atoms with van der Waals surface area (Å²) in [6.45, 7) is 19.8. The van der Waals surface area contributed by atoms with Crippen LogP contribution >= 0.6 is 0 Å². The first kappa shape index (κ1) is 35.3. The molecule has 9 aromatic rings. The summed E-state index contributed by atoms with van der Waals surface area (Å²) in [6, 6.07) is 26.5. The molecule has 0 fully saturated rings. The fourth-order valence-electron chi connectivity index (χ4n) is 7.94. The molecule has 0 saturated heterocycles. The number of hydrogen-bond donors (Lipinski definition) is 0. The van der Waals surface area contributed by atoms with Gasteiger partial charge in [-0.2, -0.15) is 6.07 Å². The second kappa shape index (κ2) is 18.0. The molecular weight excluding hydrogens is 1020 g/mol. The molecule has 344 valence electrons. The average Bonchev–Trinajstić information content (AvgIpc) is 4.13. The van der Waals surface area contributed by atoms with E-state index >= 15 is 0 Å². The van der Waals surface area contributed by atoms with E-state index in [-0.39, 0.29) is 49.0 Å². The van der Waals surface area contributed by atoms with E-state index in [0.29, 0.717) is 57.1 Å². The number of fused-ring (bicyclic) bond motifs is 3. The Balaban J connectivity index is 0.00000740. The minimum Gasteiger partial charge on any atom is -0.508 e. The van der Waals surface area contributed by atoms with Crippen molar-refractivity contribution in [2.75, 3.05) is 9.80 Å². The molecule has 0 amide bonds. The molecule has 4 heterocycles. The second-order valence-corrected chi connectivity index (χ2v) is 19.5. The van der Waals surface area contributed by atoms with Gasteiger partial charge in [0.25, 0.3) is 0 Å². The van der Waals surface area contributed by atoms with Crippen LogP contribution in [0.3, 0.4) is 0 Å². The summed E-state index contributed by atoms with van der Waals surface area (Å²) in [4.78, 5) is 23.3. The van der Waals surface area contributed by atoms with Crippen LogP contribution in [0, 0.1) is 18.8 Å². The van der Waals surface area contributed by atoms with Crippen molar-refractivity contribution in [2.24, 2.45) is 0 Å². The summed E-state index contributed by atoms with van der Waals surface area (Å²) in [6.07, 6.45) is 5.15. The number of para-hydroxylation sites is 1. The number of benzene rings is 6. The zero-order chi connectivity index (χ0) is 55.4. The molecule has 0 unspecified atom stereocenters. The molecule has 68 heavy (non-hydrogen) atoms. The first-order valence-corrected chi connectivity index (χ1v) is 22.1. The van der Waals surface area contributed by atoms with Gasteiger partial charge in [-0.1, -0.05) is 153 Å². The Kier molecular flexibility index (Phi) is 9.32. The van der Waals surface area contributed by atoms with Crippen LogP contribution in [0.15, 0.2) is 158 Å². The van der Waals surface area contributed by atoms with Gasteiger partial charge in [-0.05, 0) is 75.8 Å². The van der Waals surface area contributed by atoms with Crippen molar-refractivity contribution >= 4 is 33.2 Å². The zero-order valence-electron chi connectivity index (χ0n) is 49.2. The molecule has 3 aromatic heterocycles. The van der Waals surface area contributed by atoms with Crippen LogP contribution in [0.5, 0.6) is 11.5 Å². The smallest absolute Gasteiger partial charge is 0.137 e. The fourth-order valence-corrected chi connectivity index (χ4v) is 7.94. The van der Waals surface area contributed by atoms with Crippen molar-refractivity contribution in [3.63, 3.8) is 0 Å². The summed E-state index contributed by atoms with van der Waals surface area (Å²) >= 11 is 0. The van der Waals surface area contributed by atoms with Crippen LogP contribution in [0.2, 0.25) is 0 Å². The molecule has 0 aliphatic carbocycles. The van der Waals surface area contributed by atoms with Gasteiger partial charge in [0.15, 0.2) is 0 Å². The van der Waals surface area contributed by atoms with Crippen molar-refractivity contribution < 1.29 is 39.5 Å². The van der Waals surface area contributed by atoms with E-state index in [9.17, 15) is 0 Å². The molecule has 0 atom stereocenters. The maximum Gasteiger partial charge on any atom is 0.137 e. The van der Waals surface area contributed by atoms with Gasteiger partial charge >= 0.3 is 0 Å². The van der Waals surface area contributed by atoms with E-state index in [1.165, 1.54) is 0 Å². The number of pyridine rings is 1. The normalized spacial score (nSPS) is 15.1.